The van der Waals surface area contributed by atoms with Gasteiger partial charge in [-0.05, 0) is 72.8 Å². The Morgan fingerprint density at radius 3 is 1.95 bits per heavy atom. The van der Waals surface area contributed by atoms with Crippen molar-refractivity contribution >= 4 is 43.7 Å². The number of nitrogens with one attached hydrogen (secondary N) is 1. The molecule has 2 bridgehead atoms. The Morgan fingerprint density at radius 1 is 0.864 bits per heavy atom. The second-order valence-corrected chi connectivity index (χ2v) is 25.6. The third kappa shape index (κ3) is 8.07. The largest absolute Gasteiger partial charge is 0.456 e. The molecule has 2 N–H and O–H groups in total. The Bertz CT molecular complexity index is 2430. The van der Waals surface area contributed by atoms with Crippen LogP contribution in [0, 0.1) is 22.7 Å². The van der Waals surface area contributed by atoms with Gasteiger partial charge in [-0.3, -0.25) is 19.2 Å². The molecule has 66 heavy (non-hydrogen) atoms. The van der Waals surface area contributed by atoms with Crippen molar-refractivity contribution in [2.45, 2.75) is 135 Å². The monoisotopic (exact) mass is 921 g/mol. The fraction of sp³-hybridized carbons (Fsp3) is 0.500. The van der Waals surface area contributed by atoms with E-state index in [2.05, 4.69) is 5.32 Å². The van der Waals surface area contributed by atoms with Gasteiger partial charge >= 0.3 is 17.9 Å². The van der Waals surface area contributed by atoms with E-state index in [4.69, 9.17) is 23.4 Å². The lowest BCUT2D eigenvalue weighted by Gasteiger charge is -2.67. The first-order chi connectivity index (χ1) is 30.8. The predicted molar refractivity (Wildman–Crippen MR) is 246 cm³/mol. The second-order valence-electron chi connectivity index (χ2n) is 20.9. The lowest BCUT2D eigenvalue weighted by atomic mass is 9.43. The third-order valence-corrected chi connectivity index (χ3v) is 20.1. The average Bonchev–Trinajstić information content (AvgIpc) is 3.26. The number of aliphatic hydroxyl groups is 1. The molecule has 0 aromatic heterocycles. The maximum absolute atomic E-state index is 15.3. The molecule has 10 atom stereocenters. The Kier molecular flexibility index (Phi) is 12.8. The lowest BCUT2D eigenvalue weighted by molar-refractivity contribution is -0.338. The van der Waals surface area contributed by atoms with Crippen molar-refractivity contribution in [2.75, 3.05) is 6.61 Å². The maximum Gasteiger partial charge on any atom is 0.338 e. The van der Waals surface area contributed by atoms with Crippen molar-refractivity contribution in [3.8, 4) is 0 Å². The van der Waals surface area contributed by atoms with Crippen LogP contribution in [0.2, 0.25) is 18.1 Å². The van der Waals surface area contributed by atoms with Gasteiger partial charge in [-0.15, -0.1) is 0 Å². The molecule has 1 saturated heterocycles. The van der Waals surface area contributed by atoms with E-state index in [0.29, 0.717) is 11.1 Å². The summed E-state index contributed by atoms with van der Waals surface area (Å²) in [6.45, 7) is 19.3. The SMILES string of the molecule is CC(=O)O[C@@]12CO[C@@H]1C[C@H](C)[C@@]1(C)C(=O)C(=O)C3=C(C)[C@@H](OC(=O)[C@H](O[Si](C)(C)C(C)(C)C)[C@@H](NC(=O)c4ccccc4)c4ccccc4)C[C@@](O)([C@@H](OC(=O)c4ccccc4)[C@H]21)C3(C)C. The summed E-state index contributed by atoms with van der Waals surface area (Å²) in [4.78, 5) is 87.3. The molecule has 0 radical (unpaired) electrons. The van der Waals surface area contributed by atoms with Gasteiger partial charge in [-0.2, -0.15) is 0 Å². The molecular formula is C52H63NO12Si. The highest BCUT2D eigenvalue weighted by atomic mass is 28.4. The summed E-state index contributed by atoms with van der Waals surface area (Å²) in [7, 11) is -2.88. The van der Waals surface area contributed by atoms with Crippen LogP contribution in [0.3, 0.4) is 0 Å². The highest BCUT2D eigenvalue weighted by molar-refractivity contribution is 6.74. The zero-order chi connectivity index (χ0) is 48.4. The van der Waals surface area contributed by atoms with Gasteiger partial charge in [0.25, 0.3) is 5.91 Å². The van der Waals surface area contributed by atoms with Crippen LogP contribution < -0.4 is 5.32 Å². The van der Waals surface area contributed by atoms with Crippen LogP contribution in [-0.2, 0) is 42.6 Å². The standard InChI is InChI=1S/C52H63NO12Si/c1-30-27-37-51(29-61-37,64-32(3)54)42-44(63-46(58)35-25-19-14-20-26-35)52(60)28-36(31(2)38(49(52,7)8)40(55)43(56)50(30,42)9)62-47(59)41(65-66(10,11)48(4,5)6)39(33-21-15-12-16-22-33)53-45(57)34-23-17-13-18-24-34/h12-26,30,36-37,39,41-42,44,60H,27-29H2,1-11H3,(H,53,57)/t30-,36-,37+,39-,41+,42-,44-,50+,51-,52+/m0/s1. The smallest absolute Gasteiger partial charge is 0.338 e. The number of rotatable bonds is 11. The number of fused-ring (bicyclic) bond motifs is 5. The van der Waals surface area contributed by atoms with E-state index in [9.17, 15) is 19.5 Å². The van der Waals surface area contributed by atoms with Crippen molar-refractivity contribution in [1.82, 2.24) is 5.32 Å². The molecule has 13 nitrogen and oxygen atoms in total. The molecule has 0 unspecified atom stereocenters. The van der Waals surface area contributed by atoms with Crippen LogP contribution >= 0.6 is 0 Å². The van der Waals surface area contributed by atoms with Crippen molar-refractivity contribution in [3.05, 3.63) is 119 Å². The van der Waals surface area contributed by atoms with Gasteiger partial charge in [0.05, 0.1) is 24.1 Å². The predicted octanol–water partition coefficient (Wildman–Crippen LogP) is 7.68. The number of hydrogen-bond donors (Lipinski definition) is 2. The van der Waals surface area contributed by atoms with Crippen LogP contribution in [-0.4, -0.2) is 91.0 Å². The van der Waals surface area contributed by atoms with Crippen molar-refractivity contribution in [2.24, 2.45) is 22.7 Å². The minimum atomic E-state index is -2.88. The molecule has 2 saturated carbocycles. The summed E-state index contributed by atoms with van der Waals surface area (Å²) in [5.74, 6) is -6.50. The fourth-order valence-electron chi connectivity index (χ4n) is 10.6. The first kappa shape index (κ1) is 48.6. The highest BCUT2D eigenvalue weighted by Gasteiger charge is 2.77. The summed E-state index contributed by atoms with van der Waals surface area (Å²) < 4.78 is 32.3. The van der Waals surface area contributed by atoms with E-state index in [1.807, 2.05) is 39.9 Å². The molecule has 3 aliphatic carbocycles. The quantitative estimate of drug-likeness (QED) is 0.0831. The molecule has 4 aliphatic rings. The van der Waals surface area contributed by atoms with Crippen LogP contribution in [0.15, 0.2) is 102 Å². The molecule has 1 aliphatic heterocycles. The fourth-order valence-corrected chi connectivity index (χ4v) is 11.8. The topological polar surface area (TPSA) is 181 Å². The van der Waals surface area contributed by atoms with Crippen LogP contribution in [0.4, 0.5) is 0 Å². The Labute approximate surface area is 388 Å². The molecule has 3 aromatic carbocycles. The molecule has 1 heterocycles. The number of hydrogen-bond acceptors (Lipinski definition) is 12. The summed E-state index contributed by atoms with van der Waals surface area (Å²) in [6.07, 6.45) is -5.45. The number of amides is 1. The molecule has 3 fully saturated rings. The summed E-state index contributed by atoms with van der Waals surface area (Å²) >= 11 is 0. The number of carbonyl (C=O) groups excluding carboxylic acids is 6. The molecule has 14 heteroatoms. The van der Waals surface area contributed by atoms with E-state index >= 15 is 14.4 Å². The van der Waals surface area contributed by atoms with E-state index in [1.54, 1.807) is 120 Å². The van der Waals surface area contributed by atoms with E-state index < -0.39 is 119 Å². The van der Waals surface area contributed by atoms with Gasteiger partial charge in [-0.1, -0.05) is 115 Å². The number of carbonyl (C=O) groups is 6. The van der Waals surface area contributed by atoms with Crippen molar-refractivity contribution in [3.63, 3.8) is 0 Å². The van der Waals surface area contributed by atoms with E-state index in [-0.39, 0.29) is 29.7 Å². The van der Waals surface area contributed by atoms with Crippen LogP contribution in [0.25, 0.3) is 0 Å². The number of ether oxygens (including phenoxy) is 4. The number of ketones is 2. The second kappa shape index (κ2) is 17.4. The Balaban J connectivity index is 1.40. The molecule has 1 amide bonds. The lowest BCUT2D eigenvalue weighted by Crippen LogP contribution is -2.80. The zero-order valence-electron chi connectivity index (χ0n) is 39.8. The number of esters is 3. The first-order valence-electron chi connectivity index (χ1n) is 22.7. The number of Topliss-reactive ketones (excluding diaryl/α,β-unsaturated/α-hetero) is 2. The summed E-state index contributed by atoms with van der Waals surface area (Å²) in [5, 5.41) is 16.5. The van der Waals surface area contributed by atoms with Crippen molar-refractivity contribution in [1.29, 1.82) is 0 Å². The summed E-state index contributed by atoms with van der Waals surface area (Å²) in [6, 6.07) is 24.6. The third-order valence-electron chi connectivity index (χ3n) is 15.7. The Morgan fingerprint density at radius 2 is 1.42 bits per heavy atom. The van der Waals surface area contributed by atoms with E-state index in [1.165, 1.54) is 6.92 Å². The maximum atomic E-state index is 15.3. The van der Waals surface area contributed by atoms with Gasteiger partial charge in [0, 0.05) is 35.3 Å². The molecular weight excluding hydrogens is 859 g/mol. The first-order valence-corrected chi connectivity index (χ1v) is 25.6. The minimum Gasteiger partial charge on any atom is -0.456 e. The van der Waals surface area contributed by atoms with Gasteiger partial charge < -0.3 is 33.8 Å². The number of benzene rings is 3. The normalized spacial score (nSPS) is 30.2. The van der Waals surface area contributed by atoms with Gasteiger partial charge in [-0.25, -0.2) is 9.59 Å². The van der Waals surface area contributed by atoms with Crippen LogP contribution in [0.5, 0.6) is 0 Å². The minimum absolute atomic E-state index is 0.0842. The van der Waals surface area contributed by atoms with E-state index in [0.717, 1.165) is 0 Å². The zero-order valence-corrected chi connectivity index (χ0v) is 40.8. The Hall–Kier alpha value is -5.28. The molecule has 352 valence electrons. The van der Waals surface area contributed by atoms with Gasteiger partial charge in [0.1, 0.15) is 23.9 Å². The molecule has 0 spiro atoms. The average molecular weight is 922 g/mol. The van der Waals surface area contributed by atoms with Crippen molar-refractivity contribution < 1.29 is 57.2 Å². The molecule has 7 rings (SSSR count). The molecule has 3 aromatic rings. The van der Waals surface area contributed by atoms with Gasteiger partial charge in [0.2, 0.25) is 11.6 Å². The summed E-state index contributed by atoms with van der Waals surface area (Å²) in [5.41, 5.74) is -5.97. The van der Waals surface area contributed by atoms with Gasteiger partial charge in [0.15, 0.2) is 20.0 Å². The van der Waals surface area contributed by atoms with Crippen LogP contribution in [0.1, 0.15) is 107 Å². The highest BCUT2D eigenvalue weighted by Crippen LogP contribution is 2.65.